The van der Waals surface area contributed by atoms with Crippen LogP contribution in [0, 0.1) is 0 Å². The van der Waals surface area contributed by atoms with E-state index in [4.69, 9.17) is 5.11 Å². The van der Waals surface area contributed by atoms with Crippen LogP contribution in [0.3, 0.4) is 0 Å². The van der Waals surface area contributed by atoms with E-state index in [0.717, 1.165) is 11.0 Å². The maximum atomic E-state index is 10.1. The number of carboxylic acids is 1. The Balaban J connectivity index is 3.76. The van der Waals surface area contributed by atoms with Crippen LogP contribution in [0.5, 0.6) is 0 Å². The quantitative estimate of drug-likeness (QED) is 0.709. The molecule has 0 fully saturated rings. The molecule has 0 rings (SSSR count). The number of nitrogens with one attached hydrogen (secondary N) is 1. The van der Waals surface area contributed by atoms with E-state index in [-0.39, 0.29) is 6.42 Å². The lowest BCUT2D eigenvalue weighted by atomic mass is 10.3. The molecule has 3 nitrogen and oxygen atoms in total. The zero-order valence-electron chi connectivity index (χ0n) is 6.88. The first kappa shape index (κ1) is 11.4. The lowest BCUT2D eigenvalue weighted by Crippen LogP contribution is -2.03. The summed E-state index contributed by atoms with van der Waals surface area (Å²) in [5.74, 6) is -0.825. The average Bonchev–Trinajstić information content (AvgIpc) is 2.01. The van der Waals surface area contributed by atoms with Gasteiger partial charge < -0.3 is 10.4 Å². The zero-order valence-corrected chi connectivity index (χ0v) is 8.47. The predicted molar refractivity (Wildman–Crippen MR) is 52.3 cm³/mol. The summed E-state index contributed by atoms with van der Waals surface area (Å²) < 4.78 is 0.792. The van der Waals surface area contributed by atoms with Gasteiger partial charge >= 0.3 is 5.97 Å². The number of aliphatic carboxylic acids is 1. The molecular formula is C8H12BrNO2. The van der Waals surface area contributed by atoms with E-state index in [1.165, 1.54) is 0 Å². The van der Waals surface area contributed by atoms with Gasteiger partial charge in [-0.1, -0.05) is 34.2 Å². The highest BCUT2D eigenvalue weighted by atomic mass is 79.9. The molecule has 0 aromatic carbocycles. The first-order chi connectivity index (χ1) is 5.66. The second-order valence-corrected chi connectivity index (χ2v) is 3.06. The van der Waals surface area contributed by atoms with Gasteiger partial charge in [0.05, 0.1) is 6.42 Å². The highest BCUT2D eigenvalue weighted by molar-refractivity contribution is 9.11. The van der Waals surface area contributed by atoms with Crippen molar-refractivity contribution in [3.8, 4) is 0 Å². The number of hydrogen-bond donors (Lipinski definition) is 2. The Hall–Kier alpha value is -0.610. The van der Waals surface area contributed by atoms with E-state index in [1.54, 1.807) is 6.08 Å². The number of halogens is 1. The van der Waals surface area contributed by atoms with Crippen molar-refractivity contribution in [2.75, 3.05) is 13.6 Å². The molecule has 12 heavy (non-hydrogen) atoms. The molecule has 68 valence electrons. The predicted octanol–water partition coefficient (Wildman–Crippen LogP) is 1.52. The summed E-state index contributed by atoms with van der Waals surface area (Å²) in [6.07, 6.45) is 5.38. The molecule has 0 aromatic rings. The molecule has 0 bridgehead atoms. The van der Waals surface area contributed by atoms with Gasteiger partial charge in [0, 0.05) is 11.0 Å². The van der Waals surface area contributed by atoms with Crippen LogP contribution in [0.1, 0.15) is 6.42 Å². The Morgan fingerprint density at radius 1 is 1.67 bits per heavy atom. The van der Waals surface area contributed by atoms with Crippen LogP contribution >= 0.6 is 15.9 Å². The van der Waals surface area contributed by atoms with Crippen molar-refractivity contribution in [1.82, 2.24) is 5.32 Å². The third-order valence-corrected chi connectivity index (χ3v) is 1.66. The highest BCUT2D eigenvalue weighted by Gasteiger charge is 1.91. The van der Waals surface area contributed by atoms with Crippen LogP contribution in [0.4, 0.5) is 0 Å². The zero-order chi connectivity index (χ0) is 9.40. The smallest absolute Gasteiger partial charge is 0.307 e. The molecule has 0 saturated heterocycles. The fourth-order valence-corrected chi connectivity index (χ4v) is 0.891. The van der Waals surface area contributed by atoms with E-state index in [9.17, 15) is 4.79 Å². The van der Waals surface area contributed by atoms with E-state index in [0.29, 0.717) is 0 Å². The van der Waals surface area contributed by atoms with Gasteiger partial charge in [-0.25, -0.2) is 0 Å². The van der Waals surface area contributed by atoms with Gasteiger partial charge in [0.15, 0.2) is 0 Å². The largest absolute Gasteiger partial charge is 0.481 e. The third-order valence-electron chi connectivity index (χ3n) is 1.07. The van der Waals surface area contributed by atoms with Crippen molar-refractivity contribution in [1.29, 1.82) is 0 Å². The molecule has 0 aromatic heterocycles. The second-order valence-electron chi connectivity index (χ2n) is 2.15. The van der Waals surface area contributed by atoms with E-state index in [2.05, 4.69) is 21.2 Å². The first-order valence-corrected chi connectivity index (χ1v) is 4.34. The Morgan fingerprint density at radius 3 is 2.83 bits per heavy atom. The Labute approximate surface area is 80.3 Å². The fourth-order valence-electron chi connectivity index (χ4n) is 0.542. The molecule has 0 saturated carbocycles. The van der Waals surface area contributed by atoms with E-state index < -0.39 is 5.97 Å². The van der Waals surface area contributed by atoms with Gasteiger partial charge in [-0.15, -0.1) is 0 Å². The lowest BCUT2D eigenvalue weighted by molar-refractivity contribution is -0.136. The summed E-state index contributed by atoms with van der Waals surface area (Å²) in [5.41, 5.74) is 0. The number of hydrogen-bond acceptors (Lipinski definition) is 2. The maximum absolute atomic E-state index is 10.1. The SMILES string of the molecule is CNC/C=C\C(Br)=C/CC(=O)O. The van der Waals surface area contributed by atoms with Crippen LogP contribution in [-0.2, 0) is 4.79 Å². The van der Waals surface area contributed by atoms with Crippen molar-refractivity contribution >= 4 is 21.9 Å². The number of likely N-dealkylation sites (N-methyl/N-ethyl adjacent to an activating group) is 1. The van der Waals surface area contributed by atoms with Gasteiger partial charge in [0.25, 0.3) is 0 Å². The summed E-state index contributed by atoms with van der Waals surface area (Å²) in [5, 5.41) is 11.3. The third kappa shape index (κ3) is 7.50. The summed E-state index contributed by atoms with van der Waals surface area (Å²) in [7, 11) is 1.85. The summed E-state index contributed by atoms with van der Waals surface area (Å²) in [6, 6.07) is 0. The monoisotopic (exact) mass is 233 g/mol. The molecule has 0 spiro atoms. The Morgan fingerprint density at radius 2 is 2.33 bits per heavy atom. The van der Waals surface area contributed by atoms with Crippen LogP contribution in [-0.4, -0.2) is 24.7 Å². The lowest BCUT2D eigenvalue weighted by Gasteiger charge is -1.89. The molecule has 0 amide bonds. The number of carboxylic acid groups (broad SMARTS) is 1. The van der Waals surface area contributed by atoms with Crippen LogP contribution in [0.2, 0.25) is 0 Å². The average molecular weight is 234 g/mol. The molecule has 0 heterocycles. The molecule has 0 radical (unpaired) electrons. The minimum Gasteiger partial charge on any atom is -0.481 e. The van der Waals surface area contributed by atoms with Crippen molar-refractivity contribution in [2.45, 2.75) is 6.42 Å². The molecule has 0 atom stereocenters. The molecule has 0 aliphatic heterocycles. The standard InChI is InChI=1S/C8H12BrNO2/c1-10-6-2-3-7(9)4-5-8(11)12/h2-4,10H,5-6H2,1H3,(H,11,12)/b3-2-,7-4+. The van der Waals surface area contributed by atoms with Crippen LogP contribution in [0.15, 0.2) is 22.7 Å². The normalized spacial score (nSPS) is 12.3. The molecular weight excluding hydrogens is 222 g/mol. The van der Waals surface area contributed by atoms with Crippen molar-refractivity contribution < 1.29 is 9.90 Å². The Bertz CT molecular complexity index is 199. The van der Waals surface area contributed by atoms with Gasteiger partial charge in [0.1, 0.15) is 0 Å². The molecule has 0 unspecified atom stereocenters. The minimum absolute atomic E-state index is 0.0461. The highest BCUT2D eigenvalue weighted by Crippen LogP contribution is 2.07. The van der Waals surface area contributed by atoms with E-state index >= 15 is 0 Å². The van der Waals surface area contributed by atoms with Gasteiger partial charge in [-0.3, -0.25) is 4.79 Å². The topological polar surface area (TPSA) is 49.3 Å². The fraction of sp³-hybridized carbons (Fsp3) is 0.375. The second kappa shape index (κ2) is 7.06. The number of carbonyl (C=O) groups is 1. The van der Waals surface area contributed by atoms with E-state index in [1.807, 2.05) is 19.2 Å². The molecule has 0 aliphatic rings. The molecule has 0 aliphatic carbocycles. The van der Waals surface area contributed by atoms with Gasteiger partial charge in [0.2, 0.25) is 0 Å². The van der Waals surface area contributed by atoms with Crippen LogP contribution in [0.25, 0.3) is 0 Å². The minimum atomic E-state index is -0.825. The summed E-state index contributed by atoms with van der Waals surface area (Å²) >= 11 is 3.22. The van der Waals surface area contributed by atoms with Crippen molar-refractivity contribution in [3.05, 3.63) is 22.7 Å². The maximum Gasteiger partial charge on any atom is 0.307 e. The number of allylic oxidation sites excluding steroid dienone is 2. The summed E-state index contributed by atoms with van der Waals surface area (Å²) in [6.45, 7) is 0.774. The van der Waals surface area contributed by atoms with Gasteiger partial charge in [-0.05, 0) is 7.05 Å². The molecule has 2 N–H and O–H groups in total. The number of rotatable bonds is 5. The van der Waals surface area contributed by atoms with Crippen LogP contribution < -0.4 is 5.32 Å². The summed E-state index contributed by atoms with van der Waals surface area (Å²) in [4.78, 5) is 10.1. The molecule has 4 heteroatoms. The Kier molecular flexibility index (Phi) is 6.70. The van der Waals surface area contributed by atoms with Crippen molar-refractivity contribution in [2.24, 2.45) is 0 Å². The van der Waals surface area contributed by atoms with Crippen molar-refractivity contribution in [3.63, 3.8) is 0 Å². The first-order valence-electron chi connectivity index (χ1n) is 3.55. The van der Waals surface area contributed by atoms with Gasteiger partial charge in [-0.2, -0.15) is 0 Å².